The molecule has 1 aliphatic rings. The van der Waals surface area contributed by atoms with Crippen LogP contribution in [-0.4, -0.2) is 12.1 Å². The molecule has 2 atom stereocenters. The van der Waals surface area contributed by atoms with E-state index in [1.807, 2.05) is 6.92 Å². The average molecular weight is 212 g/mol. The Hall–Kier alpha value is -0.530. The van der Waals surface area contributed by atoms with Crippen molar-refractivity contribution in [3.05, 3.63) is 0 Å². The van der Waals surface area contributed by atoms with Crippen LogP contribution in [-0.2, 0) is 9.53 Å². The monoisotopic (exact) mass is 212 g/mol. The van der Waals surface area contributed by atoms with Crippen LogP contribution in [0.5, 0.6) is 0 Å². The van der Waals surface area contributed by atoms with E-state index < -0.39 is 0 Å². The standard InChI is InChI=1S/C13H24O2/c1-3-5-8-11-9-6-7-10-12(11)15-13(14)4-2/h11-12H,3-10H2,1-2H3. The van der Waals surface area contributed by atoms with E-state index >= 15 is 0 Å². The molecule has 0 aliphatic heterocycles. The van der Waals surface area contributed by atoms with Gasteiger partial charge in [-0.25, -0.2) is 0 Å². The van der Waals surface area contributed by atoms with Crippen molar-refractivity contribution in [3.63, 3.8) is 0 Å². The van der Waals surface area contributed by atoms with Crippen LogP contribution in [0.25, 0.3) is 0 Å². The first-order chi connectivity index (χ1) is 7.27. The Balaban J connectivity index is 2.38. The number of hydrogen-bond donors (Lipinski definition) is 0. The van der Waals surface area contributed by atoms with E-state index in [2.05, 4.69) is 6.92 Å². The molecule has 88 valence electrons. The van der Waals surface area contributed by atoms with Crippen LogP contribution >= 0.6 is 0 Å². The summed E-state index contributed by atoms with van der Waals surface area (Å²) in [6, 6.07) is 0. The van der Waals surface area contributed by atoms with Gasteiger partial charge in [0.15, 0.2) is 0 Å². The lowest BCUT2D eigenvalue weighted by Gasteiger charge is -2.31. The molecule has 15 heavy (non-hydrogen) atoms. The van der Waals surface area contributed by atoms with Gasteiger partial charge in [0.2, 0.25) is 0 Å². The first-order valence-electron chi connectivity index (χ1n) is 6.47. The Labute approximate surface area is 93.4 Å². The molecule has 0 aromatic carbocycles. The highest BCUT2D eigenvalue weighted by molar-refractivity contribution is 5.69. The minimum absolute atomic E-state index is 0.0246. The molecule has 1 saturated carbocycles. The normalized spacial score (nSPS) is 26.3. The van der Waals surface area contributed by atoms with Crippen molar-refractivity contribution in [1.82, 2.24) is 0 Å². The summed E-state index contributed by atoms with van der Waals surface area (Å²) in [5.41, 5.74) is 0. The molecule has 0 radical (unpaired) electrons. The molecule has 0 heterocycles. The molecular formula is C13H24O2. The molecule has 0 N–H and O–H groups in total. The van der Waals surface area contributed by atoms with Crippen molar-refractivity contribution in [2.45, 2.75) is 71.3 Å². The van der Waals surface area contributed by atoms with Crippen LogP contribution < -0.4 is 0 Å². The number of ether oxygens (including phenoxy) is 1. The molecule has 0 saturated heterocycles. The van der Waals surface area contributed by atoms with Crippen LogP contribution in [0.15, 0.2) is 0 Å². The summed E-state index contributed by atoms with van der Waals surface area (Å²) < 4.78 is 5.51. The van der Waals surface area contributed by atoms with Gasteiger partial charge in [0.1, 0.15) is 6.10 Å². The van der Waals surface area contributed by atoms with Gasteiger partial charge in [-0.1, -0.05) is 33.1 Å². The second kappa shape index (κ2) is 6.86. The number of rotatable bonds is 5. The van der Waals surface area contributed by atoms with Gasteiger partial charge in [0.05, 0.1) is 0 Å². The van der Waals surface area contributed by atoms with E-state index in [-0.39, 0.29) is 12.1 Å². The molecular weight excluding hydrogens is 188 g/mol. The van der Waals surface area contributed by atoms with Crippen molar-refractivity contribution in [1.29, 1.82) is 0 Å². The maximum Gasteiger partial charge on any atom is 0.305 e. The number of hydrogen-bond acceptors (Lipinski definition) is 2. The van der Waals surface area contributed by atoms with Crippen molar-refractivity contribution >= 4 is 5.97 Å². The molecule has 1 rings (SSSR count). The zero-order chi connectivity index (χ0) is 11.1. The lowest BCUT2D eigenvalue weighted by atomic mass is 9.83. The Kier molecular flexibility index (Phi) is 5.74. The topological polar surface area (TPSA) is 26.3 Å². The molecule has 2 unspecified atom stereocenters. The number of carbonyl (C=O) groups is 1. The molecule has 0 spiro atoms. The Morgan fingerprint density at radius 1 is 1.27 bits per heavy atom. The van der Waals surface area contributed by atoms with Gasteiger partial charge in [-0.15, -0.1) is 0 Å². The quantitative estimate of drug-likeness (QED) is 0.650. The highest BCUT2D eigenvalue weighted by Gasteiger charge is 2.27. The third kappa shape index (κ3) is 4.23. The predicted octanol–water partition coefficient (Wildman–Crippen LogP) is 3.69. The van der Waals surface area contributed by atoms with E-state index in [9.17, 15) is 4.79 Å². The van der Waals surface area contributed by atoms with Crippen molar-refractivity contribution in [2.24, 2.45) is 5.92 Å². The van der Waals surface area contributed by atoms with Gasteiger partial charge >= 0.3 is 5.97 Å². The van der Waals surface area contributed by atoms with E-state index in [0.29, 0.717) is 12.3 Å². The number of carbonyl (C=O) groups excluding carboxylic acids is 1. The smallest absolute Gasteiger partial charge is 0.305 e. The lowest BCUT2D eigenvalue weighted by Crippen LogP contribution is -2.29. The van der Waals surface area contributed by atoms with E-state index in [0.717, 1.165) is 6.42 Å². The summed E-state index contributed by atoms with van der Waals surface area (Å²) in [5.74, 6) is 0.609. The fourth-order valence-corrected chi connectivity index (χ4v) is 2.38. The van der Waals surface area contributed by atoms with Gasteiger partial charge in [0, 0.05) is 6.42 Å². The third-order valence-electron chi connectivity index (χ3n) is 3.34. The van der Waals surface area contributed by atoms with Crippen LogP contribution in [0, 0.1) is 5.92 Å². The van der Waals surface area contributed by atoms with Crippen molar-refractivity contribution < 1.29 is 9.53 Å². The highest BCUT2D eigenvalue weighted by Crippen LogP contribution is 2.30. The first-order valence-corrected chi connectivity index (χ1v) is 6.47. The Morgan fingerprint density at radius 2 is 2.00 bits per heavy atom. The van der Waals surface area contributed by atoms with Gasteiger partial charge < -0.3 is 4.74 Å². The van der Waals surface area contributed by atoms with Crippen LogP contribution in [0.1, 0.15) is 65.2 Å². The highest BCUT2D eigenvalue weighted by atomic mass is 16.5. The molecule has 1 aliphatic carbocycles. The summed E-state index contributed by atoms with van der Waals surface area (Å²) in [6.45, 7) is 4.09. The van der Waals surface area contributed by atoms with Crippen LogP contribution in [0.2, 0.25) is 0 Å². The average Bonchev–Trinajstić information content (AvgIpc) is 2.28. The first kappa shape index (κ1) is 12.5. The second-order valence-corrected chi connectivity index (χ2v) is 4.57. The molecule has 0 aromatic rings. The largest absolute Gasteiger partial charge is 0.462 e. The number of esters is 1. The molecule has 0 bridgehead atoms. The summed E-state index contributed by atoms with van der Waals surface area (Å²) >= 11 is 0. The SMILES string of the molecule is CCCCC1CCCCC1OC(=O)CC. The fraction of sp³-hybridized carbons (Fsp3) is 0.923. The second-order valence-electron chi connectivity index (χ2n) is 4.57. The lowest BCUT2D eigenvalue weighted by molar-refractivity contribution is -0.153. The molecule has 0 amide bonds. The third-order valence-corrected chi connectivity index (χ3v) is 3.34. The maximum atomic E-state index is 11.3. The number of unbranched alkanes of at least 4 members (excludes halogenated alkanes) is 1. The van der Waals surface area contributed by atoms with Gasteiger partial charge in [-0.05, 0) is 31.6 Å². The summed E-state index contributed by atoms with van der Waals surface area (Å²) in [7, 11) is 0. The minimum atomic E-state index is -0.0246. The zero-order valence-corrected chi connectivity index (χ0v) is 10.1. The molecule has 1 fully saturated rings. The van der Waals surface area contributed by atoms with Crippen LogP contribution in [0.3, 0.4) is 0 Å². The fourth-order valence-electron chi connectivity index (χ4n) is 2.38. The maximum absolute atomic E-state index is 11.3. The predicted molar refractivity (Wildman–Crippen MR) is 61.7 cm³/mol. The van der Waals surface area contributed by atoms with Crippen molar-refractivity contribution in [2.75, 3.05) is 0 Å². The van der Waals surface area contributed by atoms with Crippen LogP contribution in [0.4, 0.5) is 0 Å². The summed E-state index contributed by atoms with van der Waals surface area (Å²) in [4.78, 5) is 11.3. The van der Waals surface area contributed by atoms with E-state index in [1.165, 1.54) is 38.5 Å². The molecule has 0 aromatic heterocycles. The summed E-state index contributed by atoms with van der Waals surface area (Å²) in [6.07, 6.45) is 9.35. The zero-order valence-electron chi connectivity index (χ0n) is 10.1. The van der Waals surface area contributed by atoms with E-state index in [1.54, 1.807) is 0 Å². The molecule has 2 heteroatoms. The minimum Gasteiger partial charge on any atom is -0.462 e. The van der Waals surface area contributed by atoms with Gasteiger partial charge in [-0.2, -0.15) is 0 Å². The Morgan fingerprint density at radius 3 is 2.67 bits per heavy atom. The van der Waals surface area contributed by atoms with Gasteiger partial charge in [-0.3, -0.25) is 4.79 Å². The van der Waals surface area contributed by atoms with Gasteiger partial charge in [0.25, 0.3) is 0 Å². The van der Waals surface area contributed by atoms with Crippen molar-refractivity contribution in [3.8, 4) is 0 Å². The summed E-state index contributed by atoms with van der Waals surface area (Å²) in [5, 5.41) is 0. The van der Waals surface area contributed by atoms with E-state index in [4.69, 9.17) is 4.74 Å². The molecule has 2 nitrogen and oxygen atoms in total. The Bertz CT molecular complexity index is 189.